The van der Waals surface area contributed by atoms with Crippen LogP contribution in [0.1, 0.15) is 38.4 Å². The molecule has 18 heavy (non-hydrogen) atoms. The minimum absolute atomic E-state index is 0.573. The molecule has 0 saturated carbocycles. The molecule has 0 amide bonds. The van der Waals surface area contributed by atoms with Crippen molar-refractivity contribution >= 4 is 0 Å². The average Bonchev–Trinajstić information content (AvgIpc) is 2.77. The fraction of sp³-hybridized carbons (Fsp3) is 0.846. The van der Waals surface area contributed by atoms with Crippen LogP contribution < -0.4 is 5.73 Å². The van der Waals surface area contributed by atoms with Gasteiger partial charge < -0.3 is 15.2 Å². The van der Waals surface area contributed by atoms with Crippen molar-refractivity contribution in [3.8, 4) is 0 Å². The van der Waals surface area contributed by atoms with E-state index in [0.29, 0.717) is 24.9 Å². The normalized spacial score (nSPS) is 21.7. The molecule has 2 rings (SSSR count). The molecule has 102 valence electrons. The van der Waals surface area contributed by atoms with E-state index in [0.717, 1.165) is 24.7 Å². The van der Waals surface area contributed by atoms with Crippen molar-refractivity contribution in [1.29, 1.82) is 0 Å². The van der Waals surface area contributed by atoms with Crippen LogP contribution >= 0.6 is 0 Å². The lowest BCUT2D eigenvalue weighted by molar-refractivity contribution is 0.135. The van der Waals surface area contributed by atoms with Gasteiger partial charge >= 0.3 is 0 Å². The zero-order valence-electron chi connectivity index (χ0n) is 11.4. The highest BCUT2D eigenvalue weighted by atomic mass is 16.5. The molecule has 0 aromatic carbocycles. The molecule has 5 nitrogen and oxygen atoms in total. The lowest BCUT2D eigenvalue weighted by Gasteiger charge is -2.34. The molecule has 1 fully saturated rings. The Bertz CT molecular complexity index is 364. The van der Waals surface area contributed by atoms with Crippen molar-refractivity contribution in [1.82, 2.24) is 15.0 Å². The SMILES string of the molecule is CC(C)N1CCCC(Cc2nc(CCN)no2)C1. The summed E-state index contributed by atoms with van der Waals surface area (Å²) in [5, 5.41) is 3.95. The fourth-order valence-corrected chi connectivity index (χ4v) is 2.58. The van der Waals surface area contributed by atoms with E-state index in [1.807, 2.05) is 0 Å². The van der Waals surface area contributed by atoms with E-state index < -0.39 is 0 Å². The van der Waals surface area contributed by atoms with Crippen LogP contribution in [0.5, 0.6) is 0 Å². The molecule has 5 heteroatoms. The predicted molar refractivity (Wildman–Crippen MR) is 70.2 cm³/mol. The van der Waals surface area contributed by atoms with Crippen LogP contribution in [0.3, 0.4) is 0 Å². The molecule has 1 aliphatic heterocycles. The summed E-state index contributed by atoms with van der Waals surface area (Å²) in [6.07, 6.45) is 4.14. The van der Waals surface area contributed by atoms with Gasteiger partial charge in [0.25, 0.3) is 0 Å². The Labute approximate surface area is 109 Å². The summed E-state index contributed by atoms with van der Waals surface area (Å²) in [5.74, 6) is 2.16. The van der Waals surface area contributed by atoms with Gasteiger partial charge in [-0.3, -0.25) is 0 Å². The summed E-state index contributed by atoms with van der Waals surface area (Å²) in [6, 6.07) is 0.628. The van der Waals surface area contributed by atoms with Crippen LogP contribution in [-0.2, 0) is 12.8 Å². The molecule has 2 heterocycles. The second-order valence-corrected chi connectivity index (χ2v) is 5.44. The Kier molecular flexibility index (Phi) is 4.72. The summed E-state index contributed by atoms with van der Waals surface area (Å²) < 4.78 is 5.28. The third-order valence-electron chi connectivity index (χ3n) is 3.62. The first-order valence-corrected chi connectivity index (χ1v) is 6.94. The number of hydrogen-bond donors (Lipinski definition) is 1. The first kappa shape index (κ1) is 13.5. The van der Waals surface area contributed by atoms with Crippen LogP contribution in [0.4, 0.5) is 0 Å². The van der Waals surface area contributed by atoms with E-state index >= 15 is 0 Å². The number of piperidine rings is 1. The quantitative estimate of drug-likeness (QED) is 0.853. The molecule has 1 unspecified atom stereocenters. The van der Waals surface area contributed by atoms with E-state index in [4.69, 9.17) is 10.3 Å². The fourth-order valence-electron chi connectivity index (χ4n) is 2.58. The summed E-state index contributed by atoms with van der Waals surface area (Å²) in [4.78, 5) is 6.92. The van der Waals surface area contributed by atoms with E-state index in [1.165, 1.54) is 19.4 Å². The third kappa shape index (κ3) is 3.53. The van der Waals surface area contributed by atoms with Gasteiger partial charge in [0.05, 0.1) is 0 Å². The van der Waals surface area contributed by atoms with Crippen LogP contribution in [-0.4, -0.2) is 40.7 Å². The molecule has 1 atom stereocenters. The highest BCUT2D eigenvalue weighted by Gasteiger charge is 2.23. The standard InChI is InChI=1S/C13H24N4O/c1-10(2)17-7-3-4-11(9-17)8-13-15-12(5-6-14)16-18-13/h10-11H,3-9,14H2,1-2H3. The predicted octanol–water partition coefficient (Wildman–Crippen LogP) is 1.23. The van der Waals surface area contributed by atoms with Gasteiger partial charge in [-0.2, -0.15) is 4.98 Å². The maximum Gasteiger partial charge on any atom is 0.226 e. The molecule has 0 radical (unpaired) electrons. The Morgan fingerprint density at radius 1 is 1.50 bits per heavy atom. The van der Waals surface area contributed by atoms with Crippen molar-refractivity contribution in [2.45, 2.75) is 45.6 Å². The second-order valence-electron chi connectivity index (χ2n) is 5.44. The maximum absolute atomic E-state index is 5.48. The Hall–Kier alpha value is -0.940. The highest BCUT2D eigenvalue weighted by Crippen LogP contribution is 2.21. The second kappa shape index (κ2) is 6.29. The van der Waals surface area contributed by atoms with Gasteiger partial charge in [0.1, 0.15) is 0 Å². The van der Waals surface area contributed by atoms with Crippen LogP contribution in [0.15, 0.2) is 4.52 Å². The number of hydrogen-bond acceptors (Lipinski definition) is 5. The van der Waals surface area contributed by atoms with Gasteiger partial charge in [-0.15, -0.1) is 0 Å². The average molecular weight is 252 g/mol. The number of rotatable bonds is 5. The van der Waals surface area contributed by atoms with Crippen LogP contribution in [0.2, 0.25) is 0 Å². The van der Waals surface area contributed by atoms with E-state index in [-0.39, 0.29) is 0 Å². The number of nitrogens with zero attached hydrogens (tertiary/aromatic N) is 3. The molecule has 1 aliphatic rings. The number of aromatic nitrogens is 2. The number of nitrogens with two attached hydrogens (primary N) is 1. The zero-order valence-corrected chi connectivity index (χ0v) is 11.4. The summed E-state index contributed by atoms with van der Waals surface area (Å²) in [7, 11) is 0. The summed E-state index contributed by atoms with van der Waals surface area (Å²) in [5.41, 5.74) is 5.48. The van der Waals surface area contributed by atoms with E-state index in [9.17, 15) is 0 Å². The van der Waals surface area contributed by atoms with E-state index in [2.05, 4.69) is 28.9 Å². The Morgan fingerprint density at radius 3 is 3.06 bits per heavy atom. The molecule has 0 spiro atoms. The van der Waals surface area contributed by atoms with Crippen molar-refractivity contribution in [3.63, 3.8) is 0 Å². The van der Waals surface area contributed by atoms with Crippen molar-refractivity contribution in [3.05, 3.63) is 11.7 Å². The highest BCUT2D eigenvalue weighted by molar-refractivity contribution is 4.90. The molecule has 0 bridgehead atoms. The van der Waals surface area contributed by atoms with E-state index in [1.54, 1.807) is 0 Å². The van der Waals surface area contributed by atoms with Crippen LogP contribution in [0.25, 0.3) is 0 Å². The lowest BCUT2D eigenvalue weighted by Crippen LogP contribution is -2.40. The van der Waals surface area contributed by atoms with Gasteiger partial charge in [-0.1, -0.05) is 5.16 Å². The third-order valence-corrected chi connectivity index (χ3v) is 3.62. The van der Waals surface area contributed by atoms with Crippen molar-refractivity contribution < 1.29 is 4.52 Å². The van der Waals surface area contributed by atoms with Crippen molar-refractivity contribution in [2.24, 2.45) is 11.7 Å². The summed E-state index contributed by atoms with van der Waals surface area (Å²) in [6.45, 7) is 7.45. The Morgan fingerprint density at radius 2 is 2.33 bits per heavy atom. The number of likely N-dealkylation sites (tertiary alicyclic amines) is 1. The molecule has 0 aliphatic carbocycles. The lowest BCUT2D eigenvalue weighted by atomic mass is 9.94. The smallest absolute Gasteiger partial charge is 0.226 e. The maximum atomic E-state index is 5.48. The first-order chi connectivity index (χ1) is 8.69. The minimum Gasteiger partial charge on any atom is -0.339 e. The molecular formula is C13H24N4O. The van der Waals surface area contributed by atoms with Crippen LogP contribution in [0, 0.1) is 5.92 Å². The monoisotopic (exact) mass is 252 g/mol. The molecule has 1 aromatic rings. The largest absolute Gasteiger partial charge is 0.339 e. The minimum atomic E-state index is 0.573. The van der Waals surface area contributed by atoms with Gasteiger partial charge in [0.15, 0.2) is 5.82 Å². The van der Waals surface area contributed by atoms with Gasteiger partial charge in [-0.05, 0) is 45.7 Å². The zero-order chi connectivity index (χ0) is 13.0. The molecule has 2 N–H and O–H groups in total. The molecule has 1 aromatic heterocycles. The molecular weight excluding hydrogens is 228 g/mol. The Balaban J connectivity index is 1.87. The van der Waals surface area contributed by atoms with Gasteiger partial charge in [-0.25, -0.2) is 0 Å². The molecule has 1 saturated heterocycles. The van der Waals surface area contributed by atoms with Crippen molar-refractivity contribution in [2.75, 3.05) is 19.6 Å². The van der Waals surface area contributed by atoms with Gasteiger partial charge in [0.2, 0.25) is 5.89 Å². The first-order valence-electron chi connectivity index (χ1n) is 6.94. The summed E-state index contributed by atoms with van der Waals surface area (Å²) >= 11 is 0. The van der Waals surface area contributed by atoms with Gasteiger partial charge in [0, 0.05) is 25.4 Å². The topological polar surface area (TPSA) is 68.2 Å².